The molecule has 2 heterocycles. The van der Waals surface area contributed by atoms with E-state index < -0.39 is 11.9 Å². The molecule has 0 spiro atoms. The van der Waals surface area contributed by atoms with Crippen LogP contribution in [0.1, 0.15) is 10.4 Å². The molecule has 0 aliphatic heterocycles. The van der Waals surface area contributed by atoms with Gasteiger partial charge in [0.2, 0.25) is 0 Å². The van der Waals surface area contributed by atoms with E-state index in [1.165, 1.54) is 18.4 Å². The quantitative estimate of drug-likeness (QED) is 0.416. The first-order valence-electron chi connectivity index (χ1n) is 9.05. The fourth-order valence-corrected chi connectivity index (χ4v) is 3.40. The zero-order chi connectivity index (χ0) is 21.8. The van der Waals surface area contributed by atoms with Crippen LogP contribution in [0.4, 0.5) is 15.6 Å². The van der Waals surface area contributed by atoms with Crippen molar-refractivity contribution >= 4 is 45.0 Å². The van der Waals surface area contributed by atoms with Gasteiger partial charge in [-0.15, -0.1) is 11.3 Å². The summed E-state index contributed by atoms with van der Waals surface area (Å²) in [6, 6.07) is 11.4. The number of urea groups is 1. The number of methoxy groups -OCH3 is 1. The van der Waals surface area contributed by atoms with Crippen LogP contribution in [0.25, 0.3) is 10.9 Å². The third-order valence-electron chi connectivity index (χ3n) is 4.28. The zero-order valence-corrected chi connectivity index (χ0v) is 17.1. The number of pyridine rings is 1. The molecule has 0 aliphatic rings. The molecule has 3 amide bonds. The van der Waals surface area contributed by atoms with Crippen molar-refractivity contribution in [1.82, 2.24) is 9.97 Å². The van der Waals surface area contributed by atoms with Gasteiger partial charge >= 0.3 is 6.03 Å². The number of hydrogen-bond acceptors (Lipinski definition) is 7. The van der Waals surface area contributed by atoms with Crippen molar-refractivity contribution in [2.24, 2.45) is 5.73 Å². The lowest BCUT2D eigenvalue weighted by Crippen LogP contribution is -2.19. The predicted molar refractivity (Wildman–Crippen MR) is 118 cm³/mol. The van der Waals surface area contributed by atoms with Crippen molar-refractivity contribution in [2.45, 2.75) is 0 Å². The Morgan fingerprint density at radius 2 is 1.81 bits per heavy atom. The predicted octanol–water partition coefficient (Wildman–Crippen LogP) is 4.24. The molecule has 0 bridgehead atoms. The second-order valence-corrected chi connectivity index (χ2v) is 7.18. The highest BCUT2D eigenvalue weighted by molar-refractivity contribution is 7.13. The third-order valence-corrected chi connectivity index (χ3v) is 4.97. The van der Waals surface area contributed by atoms with E-state index in [9.17, 15) is 9.59 Å². The molecule has 0 saturated carbocycles. The highest BCUT2D eigenvalue weighted by Crippen LogP contribution is 2.33. The number of fused-ring (bicyclic) bond motifs is 1. The topological polar surface area (TPSA) is 128 Å². The third kappa shape index (κ3) is 4.54. The summed E-state index contributed by atoms with van der Waals surface area (Å²) in [4.78, 5) is 32.1. The molecule has 156 valence electrons. The van der Waals surface area contributed by atoms with Crippen LogP contribution in [0.15, 0.2) is 60.2 Å². The molecule has 0 atom stereocenters. The SMILES string of the molecule is COc1cc2nccc(Oc3ccc(NC(=O)Nc4nccs4)cc3)c2cc1C(N)=O. The lowest BCUT2D eigenvalue weighted by Gasteiger charge is -2.12. The second kappa shape index (κ2) is 8.67. The number of carbonyl (C=O) groups is 2. The smallest absolute Gasteiger partial charge is 0.325 e. The summed E-state index contributed by atoms with van der Waals surface area (Å²) < 4.78 is 11.2. The molecular formula is C21H17N5O4S. The Balaban J connectivity index is 1.53. The summed E-state index contributed by atoms with van der Waals surface area (Å²) in [5.74, 6) is 0.767. The summed E-state index contributed by atoms with van der Waals surface area (Å²) in [5, 5.41) is 8.25. The number of anilines is 2. The highest BCUT2D eigenvalue weighted by Gasteiger charge is 2.14. The van der Waals surface area contributed by atoms with Crippen molar-refractivity contribution in [3.05, 3.63) is 65.8 Å². The number of ether oxygens (including phenoxy) is 2. The molecule has 0 aliphatic carbocycles. The van der Waals surface area contributed by atoms with Crippen LogP contribution in [0, 0.1) is 0 Å². The minimum absolute atomic E-state index is 0.235. The first-order valence-corrected chi connectivity index (χ1v) is 9.93. The monoisotopic (exact) mass is 435 g/mol. The van der Waals surface area contributed by atoms with Crippen LogP contribution < -0.4 is 25.8 Å². The van der Waals surface area contributed by atoms with Crippen LogP contribution >= 0.6 is 11.3 Å². The van der Waals surface area contributed by atoms with Crippen LogP contribution in [0.2, 0.25) is 0 Å². The number of hydrogen-bond donors (Lipinski definition) is 3. The van der Waals surface area contributed by atoms with Gasteiger partial charge in [0.25, 0.3) is 5.91 Å². The molecule has 2 aromatic heterocycles. The number of nitrogens with zero attached hydrogens (tertiary/aromatic N) is 2. The number of nitrogens with one attached hydrogen (secondary N) is 2. The molecule has 0 fully saturated rings. The molecule has 0 saturated heterocycles. The molecule has 0 radical (unpaired) electrons. The molecule has 10 heteroatoms. The fraction of sp³-hybridized carbons (Fsp3) is 0.0476. The van der Waals surface area contributed by atoms with Gasteiger partial charge in [0, 0.05) is 34.9 Å². The van der Waals surface area contributed by atoms with Crippen molar-refractivity contribution < 1.29 is 19.1 Å². The maximum atomic E-state index is 12.0. The van der Waals surface area contributed by atoms with E-state index in [4.69, 9.17) is 15.2 Å². The van der Waals surface area contributed by atoms with Crippen molar-refractivity contribution in [1.29, 1.82) is 0 Å². The minimum Gasteiger partial charge on any atom is -0.496 e. The summed E-state index contributed by atoms with van der Waals surface area (Å²) in [5.41, 5.74) is 6.87. The number of primary amides is 1. The summed E-state index contributed by atoms with van der Waals surface area (Å²) in [7, 11) is 1.46. The number of rotatable bonds is 6. The van der Waals surface area contributed by atoms with Gasteiger partial charge in [-0.1, -0.05) is 0 Å². The first-order chi connectivity index (χ1) is 15.0. The van der Waals surface area contributed by atoms with E-state index in [0.29, 0.717) is 39.0 Å². The maximum absolute atomic E-state index is 12.0. The van der Waals surface area contributed by atoms with Crippen molar-refractivity contribution in [3.63, 3.8) is 0 Å². The van der Waals surface area contributed by atoms with Crippen LogP contribution in [0.5, 0.6) is 17.2 Å². The number of amides is 3. The molecular weight excluding hydrogens is 418 g/mol. The van der Waals surface area contributed by atoms with Gasteiger partial charge in [0.15, 0.2) is 5.13 Å². The van der Waals surface area contributed by atoms with Crippen LogP contribution in [-0.2, 0) is 0 Å². The van der Waals surface area contributed by atoms with E-state index in [0.717, 1.165) is 0 Å². The van der Waals surface area contributed by atoms with E-state index in [1.807, 2.05) is 0 Å². The number of aromatic nitrogens is 2. The largest absolute Gasteiger partial charge is 0.496 e. The number of carbonyl (C=O) groups excluding carboxylic acids is 2. The Bertz CT molecular complexity index is 1240. The molecule has 4 rings (SSSR count). The Morgan fingerprint density at radius 3 is 2.48 bits per heavy atom. The van der Waals surface area contributed by atoms with Gasteiger partial charge in [0.05, 0.1) is 18.2 Å². The Hall–Kier alpha value is -4.18. The van der Waals surface area contributed by atoms with Crippen LogP contribution in [-0.4, -0.2) is 29.0 Å². The van der Waals surface area contributed by atoms with Gasteiger partial charge in [-0.25, -0.2) is 9.78 Å². The second-order valence-electron chi connectivity index (χ2n) is 6.29. The standard InChI is InChI=1S/C21H17N5O4S/c1-29-18-11-16-14(10-15(18)19(22)27)17(6-7-23-16)30-13-4-2-12(3-5-13)25-20(28)26-21-24-8-9-31-21/h2-11H,1H3,(H2,22,27)(H2,24,25,26,28). The van der Waals surface area contributed by atoms with Gasteiger partial charge in [-0.05, 0) is 36.4 Å². The molecule has 31 heavy (non-hydrogen) atoms. The summed E-state index contributed by atoms with van der Waals surface area (Å²) >= 11 is 1.33. The Kier molecular flexibility index (Phi) is 5.63. The average Bonchev–Trinajstić information content (AvgIpc) is 3.27. The molecule has 4 aromatic rings. The van der Waals surface area contributed by atoms with Crippen LogP contribution in [0.3, 0.4) is 0 Å². The molecule has 0 unspecified atom stereocenters. The molecule has 4 N–H and O–H groups in total. The van der Waals surface area contributed by atoms with Gasteiger partial charge < -0.3 is 20.5 Å². The highest BCUT2D eigenvalue weighted by atomic mass is 32.1. The number of thiazole rings is 1. The van der Waals surface area contributed by atoms with Crippen molar-refractivity contribution in [2.75, 3.05) is 17.7 Å². The number of nitrogens with two attached hydrogens (primary N) is 1. The zero-order valence-electron chi connectivity index (χ0n) is 16.3. The van der Waals surface area contributed by atoms with E-state index >= 15 is 0 Å². The fourth-order valence-electron chi connectivity index (χ4n) is 2.88. The normalized spacial score (nSPS) is 10.5. The number of benzene rings is 2. The summed E-state index contributed by atoms with van der Waals surface area (Å²) in [6.45, 7) is 0. The Morgan fingerprint density at radius 1 is 1.00 bits per heavy atom. The van der Waals surface area contributed by atoms with Crippen molar-refractivity contribution in [3.8, 4) is 17.2 Å². The molecule has 2 aromatic carbocycles. The molecule has 9 nitrogen and oxygen atoms in total. The lowest BCUT2D eigenvalue weighted by molar-refractivity contribution is 0.0997. The van der Waals surface area contributed by atoms with Gasteiger partial charge in [0.1, 0.15) is 17.2 Å². The maximum Gasteiger partial charge on any atom is 0.325 e. The van der Waals surface area contributed by atoms with E-state index in [2.05, 4.69) is 20.6 Å². The van der Waals surface area contributed by atoms with Gasteiger partial charge in [-0.3, -0.25) is 15.1 Å². The van der Waals surface area contributed by atoms with E-state index in [-0.39, 0.29) is 5.56 Å². The first kappa shape index (κ1) is 20.1. The Labute approximate surface area is 180 Å². The average molecular weight is 435 g/mol. The summed E-state index contributed by atoms with van der Waals surface area (Å²) in [6.07, 6.45) is 3.21. The lowest BCUT2D eigenvalue weighted by atomic mass is 10.1. The van der Waals surface area contributed by atoms with Gasteiger partial charge in [-0.2, -0.15) is 0 Å². The minimum atomic E-state index is -0.611. The van der Waals surface area contributed by atoms with E-state index in [1.54, 1.807) is 60.2 Å².